The molecular formula is C20H19FN2O2. The van der Waals surface area contributed by atoms with Gasteiger partial charge in [0.15, 0.2) is 0 Å². The molecular weight excluding hydrogens is 319 g/mol. The fraction of sp³-hybridized carbons (Fsp3) is 0.200. The number of halogens is 1. The van der Waals surface area contributed by atoms with Crippen LogP contribution in [0, 0.1) is 12.7 Å². The highest BCUT2D eigenvalue weighted by molar-refractivity contribution is 6.06. The van der Waals surface area contributed by atoms with Crippen molar-refractivity contribution in [2.75, 3.05) is 13.2 Å². The smallest absolute Gasteiger partial charge is 0.254 e. The summed E-state index contributed by atoms with van der Waals surface area (Å²) in [6.07, 6.45) is 0. The first kappa shape index (κ1) is 17.0. The molecule has 1 heterocycles. The topological polar surface area (TPSA) is 53.4 Å². The molecule has 0 unspecified atom stereocenters. The molecule has 0 saturated heterocycles. The molecule has 0 bridgehead atoms. The summed E-state index contributed by atoms with van der Waals surface area (Å²) in [5.41, 5.74) is 2.54. The Bertz CT molecular complexity index is 892. The van der Waals surface area contributed by atoms with Gasteiger partial charge in [0.25, 0.3) is 5.91 Å². The number of hydrogen-bond acceptors (Lipinski definition) is 3. The van der Waals surface area contributed by atoms with E-state index < -0.39 is 0 Å². The number of nitrogens with zero attached hydrogens (tertiary/aromatic N) is 2. The summed E-state index contributed by atoms with van der Waals surface area (Å²) >= 11 is 0. The van der Waals surface area contributed by atoms with E-state index in [0.717, 1.165) is 5.56 Å². The Morgan fingerprint density at radius 3 is 2.64 bits per heavy atom. The highest BCUT2D eigenvalue weighted by Gasteiger charge is 2.19. The maximum Gasteiger partial charge on any atom is 0.254 e. The van der Waals surface area contributed by atoms with Gasteiger partial charge in [-0.15, -0.1) is 0 Å². The van der Waals surface area contributed by atoms with Crippen molar-refractivity contribution in [2.24, 2.45) is 0 Å². The Labute approximate surface area is 145 Å². The van der Waals surface area contributed by atoms with Gasteiger partial charge in [-0.3, -0.25) is 9.78 Å². The first-order chi connectivity index (χ1) is 12.1. The summed E-state index contributed by atoms with van der Waals surface area (Å²) in [6.45, 7) is 2.26. The summed E-state index contributed by atoms with van der Waals surface area (Å²) < 4.78 is 13.5. The third-order valence-electron chi connectivity index (χ3n) is 4.00. The number of fused-ring (bicyclic) bond motifs is 1. The van der Waals surface area contributed by atoms with Gasteiger partial charge in [0.05, 0.1) is 17.7 Å². The first-order valence-electron chi connectivity index (χ1n) is 8.09. The molecule has 5 heteroatoms. The van der Waals surface area contributed by atoms with E-state index in [9.17, 15) is 14.3 Å². The van der Waals surface area contributed by atoms with E-state index in [1.54, 1.807) is 24.0 Å². The van der Waals surface area contributed by atoms with Crippen LogP contribution < -0.4 is 0 Å². The van der Waals surface area contributed by atoms with E-state index in [1.807, 2.05) is 30.3 Å². The van der Waals surface area contributed by atoms with Gasteiger partial charge in [-0.2, -0.15) is 0 Å². The molecule has 0 fully saturated rings. The second kappa shape index (κ2) is 7.40. The fourth-order valence-corrected chi connectivity index (χ4v) is 2.86. The van der Waals surface area contributed by atoms with Crippen LogP contribution in [0.2, 0.25) is 0 Å². The highest BCUT2D eigenvalue weighted by atomic mass is 19.1. The lowest BCUT2D eigenvalue weighted by atomic mass is 10.1. The van der Waals surface area contributed by atoms with Crippen molar-refractivity contribution in [2.45, 2.75) is 13.5 Å². The fourth-order valence-electron chi connectivity index (χ4n) is 2.86. The van der Waals surface area contributed by atoms with Crippen LogP contribution in [0.3, 0.4) is 0 Å². The minimum Gasteiger partial charge on any atom is -0.395 e. The second-order valence-corrected chi connectivity index (χ2v) is 5.91. The molecule has 0 radical (unpaired) electrons. The summed E-state index contributed by atoms with van der Waals surface area (Å²) in [5.74, 6) is -0.597. The van der Waals surface area contributed by atoms with Gasteiger partial charge < -0.3 is 10.0 Å². The number of benzene rings is 2. The number of carbonyl (C=O) groups is 1. The van der Waals surface area contributed by atoms with Gasteiger partial charge >= 0.3 is 0 Å². The number of aromatic nitrogens is 1. The Morgan fingerprint density at radius 2 is 1.92 bits per heavy atom. The van der Waals surface area contributed by atoms with Crippen LogP contribution in [0.4, 0.5) is 4.39 Å². The molecule has 1 aromatic heterocycles. The minimum atomic E-state index is -0.388. The van der Waals surface area contributed by atoms with Crippen LogP contribution in [0.15, 0.2) is 54.6 Å². The standard InChI is InChI=1S/C20H19FN2O2/c1-14-11-18(17-8-7-16(21)12-19(17)22-14)20(25)23(9-10-24)13-15-5-3-2-4-6-15/h2-8,11-12,24H,9-10,13H2,1H3. The quantitative estimate of drug-likeness (QED) is 0.776. The number of aliphatic hydroxyl groups excluding tert-OH is 1. The Kier molecular flexibility index (Phi) is 5.05. The van der Waals surface area contributed by atoms with E-state index in [-0.39, 0.29) is 24.9 Å². The largest absolute Gasteiger partial charge is 0.395 e. The molecule has 128 valence electrons. The first-order valence-corrected chi connectivity index (χ1v) is 8.09. The van der Waals surface area contributed by atoms with Crippen LogP contribution in [0.25, 0.3) is 10.9 Å². The zero-order valence-corrected chi connectivity index (χ0v) is 13.9. The average molecular weight is 338 g/mol. The molecule has 4 nitrogen and oxygen atoms in total. The molecule has 3 aromatic rings. The maximum atomic E-state index is 13.5. The van der Waals surface area contributed by atoms with Gasteiger partial charge in [-0.25, -0.2) is 4.39 Å². The van der Waals surface area contributed by atoms with Gasteiger partial charge in [-0.05, 0) is 30.7 Å². The molecule has 3 rings (SSSR count). The van der Waals surface area contributed by atoms with Gasteiger partial charge in [0, 0.05) is 30.2 Å². The van der Waals surface area contributed by atoms with E-state index in [0.29, 0.717) is 28.7 Å². The SMILES string of the molecule is Cc1cc(C(=O)N(CCO)Cc2ccccc2)c2ccc(F)cc2n1. The molecule has 0 aliphatic rings. The summed E-state index contributed by atoms with van der Waals surface area (Å²) in [5, 5.41) is 9.96. The van der Waals surface area contributed by atoms with Crippen LogP contribution in [0.5, 0.6) is 0 Å². The Morgan fingerprint density at radius 1 is 1.16 bits per heavy atom. The number of pyridine rings is 1. The zero-order valence-electron chi connectivity index (χ0n) is 13.9. The predicted octanol–water partition coefficient (Wildman–Crippen LogP) is 3.32. The van der Waals surface area contributed by atoms with Crippen molar-refractivity contribution in [3.8, 4) is 0 Å². The lowest BCUT2D eigenvalue weighted by molar-refractivity contribution is 0.0709. The van der Waals surface area contributed by atoms with Gasteiger partial charge in [-0.1, -0.05) is 30.3 Å². The molecule has 1 N–H and O–H groups in total. The minimum absolute atomic E-state index is 0.130. The molecule has 0 aliphatic heterocycles. The summed E-state index contributed by atoms with van der Waals surface area (Å²) in [7, 11) is 0. The zero-order chi connectivity index (χ0) is 17.8. The van der Waals surface area contributed by atoms with Crippen LogP contribution in [-0.4, -0.2) is 34.0 Å². The van der Waals surface area contributed by atoms with Crippen molar-refractivity contribution in [1.82, 2.24) is 9.88 Å². The van der Waals surface area contributed by atoms with Crippen molar-refractivity contribution in [3.05, 3.63) is 77.2 Å². The summed E-state index contributed by atoms with van der Waals surface area (Å²) in [4.78, 5) is 19.0. The predicted molar refractivity (Wildman–Crippen MR) is 94.7 cm³/mol. The average Bonchev–Trinajstić information content (AvgIpc) is 2.60. The van der Waals surface area contributed by atoms with Gasteiger partial charge in [0.2, 0.25) is 0 Å². The highest BCUT2D eigenvalue weighted by Crippen LogP contribution is 2.22. The monoisotopic (exact) mass is 338 g/mol. The number of aliphatic hydroxyl groups is 1. The molecule has 1 amide bonds. The Hall–Kier alpha value is -2.79. The number of amides is 1. The maximum absolute atomic E-state index is 13.5. The molecule has 0 saturated carbocycles. The molecule has 0 aliphatic carbocycles. The number of rotatable bonds is 5. The van der Waals surface area contributed by atoms with Crippen molar-refractivity contribution >= 4 is 16.8 Å². The van der Waals surface area contributed by atoms with Crippen molar-refractivity contribution in [1.29, 1.82) is 0 Å². The van der Waals surface area contributed by atoms with Gasteiger partial charge in [0.1, 0.15) is 5.82 Å². The second-order valence-electron chi connectivity index (χ2n) is 5.91. The molecule has 0 spiro atoms. The van der Waals surface area contributed by atoms with Crippen molar-refractivity contribution in [3.63, 3.8) is 0 Å². The van der Waals surface area contributed by atoms with E-state index in [2.05, 4.69) is 4.98 Å². The molecule has 25 heavy (non-hydrogen) atoms. The third-order valence-corrected chi connectivity index (χ3v) is 4.00. The number of carbonyl (C=O) groups excluding carboxylic acids is 1. The molecule has 2 aromatic carbocycles. The summed E-state index contributed by atoms with van der Waals surface area (Å²) in [6, 6.07) is 15.5. The number of aryl methyl sites for hydroxylation is 1. The lowest BCUT2D eigenvalue weighted by Gasteiger charge is -2.23. The molecule has 0 atom stereocenters. The van der Waals surface area contributed by atoms with Crippen LogP contribution in [-0.2, 0) is 6.54 Å². The third kappa shape index (κ3) is 3.83. The van der Waals surface area contributed by atoms with Crippen molar-refractivity contribution < 1.29 is 14.3 Å². The normalized spacial score (nSPS) is 10.8. The van der Waals surface area contributed by atoms with Crippen LogP contribution >= 0.6 is 0 Å². The van der Waals surface area contributed by atoms with E-state index in [4.69, 9.17) is 0 Å². The van der Waals surface area contributed by atoms with Crippen LogP contribution in [0.1, 0.15) is 21.6 Å². The lowest BCUT2D eigenvalue weighted by Crippen LogP contribution is -2.33. The Balaban J connectivity index is 2.00. The number of hydrogen-bond donors (Lipinski definition) is 1. The van der Waals surface area contributed by atoms with E-state index >= 15 is 0 Å². The van der Waals surface area contributed by atoms with E-state index in [1.165, 1.54) is 12.1 Å².